The Morgan fingerprint density at radius 1 is 1.19 bits per heavy atom. The van der Waals surface area contributed by atoms with Crippen molar-refractivity contribution in [1.82, 2.24) is 15.3 Å². The van der Waals surface area contributed by atoms with Crippen LogP contribution in [0.2, 0.25) is 0 Å². The Morgan fingerprint density at radius 2 is 2.05 bits per heavy atom. The fraction of sp³-hybridized carbons (Fsp3) is 0.125. The number of carbonyl (C=O) groups is 1. The average Bonchev–Trinajstić information content (AvgIpc) is 2.88. The Kier molecular flexibility index (Phi) is 4.01. The maximum Gasteiger partial charge on any atom is 0.224 e. The van der Waals surface area contributed by atoms with Crippen molar-refractivity contribution in [2.75, 3.05) is 0 Å². The maximum absolute atomic E-state index is 11.9. The van der Waals surface area contributed by atoms with Crippen molar-refractivity contribution in [1.29, 1.82) is 0 Å². The molecule has 0 aliphatic carbocycles. The second-order valence-electron chi connectivity index (χ2n) is 4.78. The second kappa shape index (κ2) is 6.10. The van der Waals surface area contributed by atoms with Gasteiger partial charge in [0.25, 0.3) is 0 Å². The number of rotatable bonds is 4. The molecule has 0 atom stereocenters. The molecule has 1 amide bonds. The van der Waals surface area contributed by atoms with Gasteiger partial charge in [0.1, 0.15) is 5.82 Å². The van der Waals surface area contributed by atoms with Gasteiger partial charge in [0.15, 0.2) is 0 Å². The molecule has 0 bridgehead atoms. The lowest BCUT2D eigenvalue weighted by molar-refractivity contribution is -0.120. The number of aromatic amines is 1. The lowest BCUT2D eigenvalue weighted by Gasteiger charge is -2.04. The number of benzene rings is 2. The van der Waals surface area contributed by atoms with Crippen LogP contribution in [0.15, 0.2) is 53.0 Å². The van der Waals surface area contributed by atoms with Crippen molar-refractivity contribution in [3.05, 3.63) is 64.4 Å². The van der Waals surface area contributed by atoms with E-state index in [1.165, 1.54) is 0 Å². The molecule has 4 nitrogen and oxygen atoms in total. The number of para-hydroxylation sites is 2. The molecule has 5 heteroatoms. The van der Waals surface area contributed by atoms with Gasteiger partial charge in [-0.25, -0.2) is 4.98 Å². The van der Waals surface area contributed by atoms with Crippen molar-refractivity contribution in [3.8, 4) is 0 Å². The Hall–Kier alpha value is -2.14. The van der Waals surface area contributed by atoms with Crippen LogP contribution in [0, 0.1) is 0 Å². The van der Waals surface area contributed by atoms with Crippen molar-refractivity contribution >= 4 is 32.9 Å². The fourth-order valence-electron chi connectivity index (χ4n) is 2.17. The molecule has 2 N–H and O–H groups in total. The number of halogens is 1. The topological polar surface area (TPSA) is 57.8 Å². The Morgan fingerprint density at radius 3 is 2.86 bits per heavy atom. The van der Waals surface area contributed by atoms with Gasteiger partial charge in [-0.3, -0.25) is 4.79 Å². The van der Waals surface area contributed by atoms with Gasteiger partial charge >= 0.3 is 0 Å². The molecule has 106 valence electrons. The van der Waals surface area contributed by atoms with Crippen LogP contribution < -0.4 is 5.32 Å². The molecule has 2 aromatic carbocycles. The van der Waals surface area contributed by atoms with E-state index < -0.39 is 0 Å². The van der Waals surface area contributed by atoms with Gasteiger partial charge in [-0.05, 0) is 29.8 Å². The number of H-pyrrole nitrogens is 1. The Bertz CT molecular complexity index is 749. The highest BCUT2D eigenvalue weighted by molar-refractivity contribution is 9.10. The third-order valence-electron chi connectivity index (χ3n) is 3.15. The minimum absolute atomic E-state index is 0.0199. The first-order valence-electron chi connectivity index (χ1n) is 6.65. The predicted octanol–water partition coefficient (Wildman–Crippen LogP) is 3.18. The summed E-state index contributed by atoms with van der Waals surface area (Å²) in [6, 6.07) is 15.6. The SMILES string of the molecule is O=C(Cc1cccc(Br)c1)NCc1nc2ccccc2[nH]1. The molecular formula is C16H14BrN3O. The molecule has 0 fully saturated rings. The van der Waals surface area contributed by atoms with Gasteiger partial charge in [0, 0.05) is 4.47 Å². The van der Waals surface area contributed by atoms with E-state index in [2.05, 4.69) is 31.2 Å². The number of nitrogens with zero attached hydrogens (tertiary/aromatic N) is 1. The van der Waals surface area contributed by atoms with Crippen LogP contribution in [0.5, 0.6) is 0 Å². The highest BCUT2D eigenvalue weighted by atomic mass is 79.9. The molecule has 0 spiro atoms. The van der Waals surface area contributed by atoms with Gasteiger partial charge in [0.2, 0.25) is 5.91 Å². The molecular weight excluding hydrogens is 330 g/mol. The van der Waals surface area contributed by atoms with Crippen LogP contribution in [0.4, 0.5) is 0 Å². The van der Waals surface area contributed by atoms with Crippen LogP contribution in [0.1, 0.15) is 11.4 Å². The van der Waals surface area contributed by atoms with E-state index in [4.69, 9.17) is 0 Å². The lowest BCUT2D eigenvalue weighted by Crippen LogP contribution is -2.25. The fourth-order valence-corrected chi connectivity index (χ4v) is 2.61. The first-order valence-corrected chi connectivity index (χ1v) is 7.45. The zero-order chi connectivity index (χ0) is 14.7. The predicted molar refractivity (Wildman–Crippen MR) is 85.8 cm³/mol. The van der Waals surface area contributed by atoms with Gasteiger partial charge < -0.3 is 10.3 Å². The van der Waals surface area contributed by atoms with Gasteiger partial charge in [0.05, 0.1) is 24.0 Å². The number of amides is 1. The number of aromatic nitrogens is 2. The Balaban J connectivity index is 1.60. The maximum atomic E-state index is 11.9. The molecule has 0 saturated carbocycles. The smallest absolute Gasteiger partial charge is 0.224 e. The van der Waals surface area contributed by atoms with Crippen LogP contribution in [0.3, 0.4) is 0 Å². The number of imidazole rings is 1. The van der Waals surface area contributed by atoms with Gasteiger partial charge in [-0.15, -0.1) is 0 Å². The third-order valence-corrected chi connectivity index (χ3v) is 3.64. The summed E-state index contributed by atoms with van der Waals surface area (Å²) in [6.45, 7) is 0.404. The molecule has 0 radical (unpaired) electrons. The molecule has 21 heavy (non-hydrogen) atoms. The van der Waals surface area contributed by atoms with Gasteiger partial charge in [-0.2, -0.15) is 0 Å². The van der Waals surface area contributed by atoms with Crippen LogP contribution in [-0.4, -0.2) is 15.9 Å². The summed E-state index contributed by atoms with van der Waals surface area (Å²) in [7, 11) is 0. The molecule has 0 unspecified atom stereocenters. The van der Waals surface area contributed by atoms with Crippen LogP contribution in [0.25, 0.3) is 11.0 Å². The quantitative estimate of drug-likeness (QED) is 0.764. The minimum atomic E-state index is -0.0199. The Labute approximate surface area is 130 Å². The summed E-state index contributed by atoms with van der Waals surface area (Å²) in [6.07, 6.45) is 0.361. The number of hydrogen-bond donors (Lipinski definition) is 2. The standard InChI is InChI=1S/C16H14BrN3O/c17-12-5-3-4-11(8-12)9-16(21)18-10-15-19-13-6-1-2-7-14(13)20-15/h1-8H,9-10H2,(H,18,21)(H,19,20). The van der Waals surface area contributed by atoms with E-state index >= 15 is 0 Å². The van der Waals surface area contributed by atoms with E-state index in [0.717, 1.165) is 26.9 Å². The summed E-state index contributed by atoms with van der Waals surface area (Å²) < 4.78 is 0.977. The largest absolute Gasteiger partial charge is 0.349 e. The molecule has 3 rings (SSSR count). The van der Waals surface area contributed by atoms with Gasteiger partial charge in [-0.1, -0.05) is 40.2 Å². The first-order chi connectivity index (χ1) is 10.2. The minimum Gasteiger partial charge on any atom is -0.349 e. The van der Waals surface area contributed by atoms with Crippen molar-refractivity contribution in [3.63, 3.8) is 0 Å². The molecule has 0 aliphatic heterocycles. The number of carbonyl (C=O) groups excluding carboxylic acids is 1. The molecule has 1 heterocycles. The molecule has 3 aromatic rings. The summed E-state index contributed by atoms with van der Waals surface area (Å²) in [4.78, 5) is 19.6. The number of fused-ring (bicyclic) bond motifs is 1. The van der Waals surface area contributed by atoms with E-state index in [0.29, 0.717) is 13.0 Å². The first kappa shape index (κ1) is 13.8. The second-order valence-corrected chi connectivity index (χ2v) is 5.70. The highest BCUT2D eigenvalue weighted by Gasteiger charge is 2.06. The van der Waals surface area contributed by atoms with E-state index in [9.17, 15) is 4.79 Å². The summed E-state index contributed by atoms with van der Waals surface area (Å²) in [5, 5.41) is 2.88. The zero-order valence-corrected chi connectivity index (χ0v) is 12.9. The summed E-state index contributed by atoms with van der Waals surface area (Å²) >= 11 is 3.40. The van der Waals surface area contributed by atoms with Crippen molar-refractivity contribution < 1.29 is 4.79 Å². The van der Waals surface area contributed by atoms with Crippen molar-refractivity contribution in [2.24, 2.45) is 0 Å². The summed E-state index contributed by atoms with van der Waals surface area (Å²) in [5.74, 6) is 0.743. The monoisotopic (exact) mass is 343 g/mol. The van der Waals surface area contributed by atoms with Crippen molar-refractivity contribution in [2.45, 2.75) is 13.0 Å². The van der Waals surface area contributed by atoms with E-state index in [-0.39, 0.29) is 5.91 Å². The third kappa shape index (κ3) is 3.49. The molecule has 0 saturated heterocycles. The zero-order valence-electron chi connectivity index (χ0n) is 11.3. The average molecular weight is 344 g/mol. The van der Waals surface area contributed by atoms with E-state index in [1.807, 2.05) is 48.5 Å². The summed E-state index contributed by atoms with van der Waals surface area (Å²) in [5.41, 5.74) is 2.87. The molecule has 0 aliphatic rings. The normalized spacial score (nSPS) is 10.7. The number of nitrogens with one attached hydrogen (secondary N) is 2. The van der Waals surface area contributed by atoms with E-state index in [1.54, 1.807) is 0 Å². The molecule has 1 aromatic heterocycles. The van der Waals surface area contributed by atoms with Crippen LogP contribution >= 0.6 is 15.9 Å². The van der Waals surface area contributed by atoms with Crippen LogP contribution in [-0.2, 0) is 17.8 Å². The lowest BCUT2D eigenvalue weighted by atomic mass is 10.1. The number of hydrogen-bond acceptors (Lipinski definition) is 2. The highest BCUT2D eigenvalue weighted by Crippen LogP contribution is 2.12.